The van der Waals surface area contributed by atoms with Crippen molar-refractivity contribution in [2.45, 2.75) is 35.6 Å². The first-order valence-corrected chi connectivity index (χ1v) is 8.96. The second-order valence-corrected chi connectivity index (χ2v) is 7.68. The molecule has 1 atom stereocenters. The molecule has 1 aromatic rings. The summed E-state index contributed by atoms with van der Waals surface area (Å²) >= 11 is 0. The molecule has 114 valence electrons. The molecule has 9 heteroatoms. The van der Waals surface area contributed by atoms with Crippen LogP contribution in [-0.2, 0) is 20.0 Å². The molecule has 0 aliphatic rings. The molecule has 0 heterocycles. The zero-order valence-corrected chi connectivity index (χ0v) is 12.6. The Labute approximate surface area is 118 Å². The van der Waals surface area contributed by atoms with Gasteiger partial charge in [0.2, 0.25) is 20.0 Å². The van der Waals surface area contributed by atoms with Gasteiger partial charge in [-0.25, -0.2) is 26.7 Å². The monoisotopic (exact) mass is 322 g/mol. The molecule has 0 spiro atoms. The standard InChI is InChI=1S/C11H18N2O5S2/c1-9(4-3-7-14)13-20(17,18)11-6-2-5-10(8-11)19(12,15)16/h2,5-6,8-9,13-14H,3-4,7H2,1H3,(H2,12,15,16). The summed E-state index contributed by atoms with van der Waals surface area (Å²) in [5.74, 6) is 0. The molecule has 7 nitrogen and oxygen atoms in total. The topological polar surface area (TPSA) is 127 Å². The van der Waals surface area contributed by atoms with E-state index in [9.17, 15) is 16.8 Å². The van der Waals surface area contributed by atoms with Gasteiger partial charge in [-0.15, -0.1) is 0 Å². The molecule has 0 fully saturated rings. The Morgan fingerprint density at radius 1 is 1.25 bits per heavy atom. The number of hydrogen-bond donors (Lipinski definition) is 3. The number of aliphatic hydroxyl groups excluding tert-OH is 1. The molecule has 1 unspecified atom stereocenters. The minimum Gasteiger partial charge on any atom is -0.396 e. The van der Waals surface area contributed by atoms with Gasteiger partial charge in [0.15, 0.2) is 0 Å². The Hall–Kier alpha value is -1.00. The van der Waals surface area contributed by atoms with E-state index in [2.05, 4.69) is 4.72 Å². The largest absolute Gasteiger partial charge is 0.396 e. The summed E-state index contributed by atoms with van der Waals surface area (Å²) in [6.07, 6.45) is 0.950. The van der Waals surface area contributed by atoms with Gasteiger partial charge in [-0.05, 0) is 38.0 Å². The van der Waals surface area contributed by atoms with E-state index >= 15 is 0 Å². The highest BCUT2D eigenvalue weighted by atomic mass is 32.2. The lowest BCUT2D eigenvalue weighted by Gasteiger charge is -2.14. The number of nitrogens with two attached hydrogens (primary N) is 1. The Kier molecular flexibility index (Phi) is 5.66. The fourth-order valence-corrected chi connectivity index (χ4v) is 3.57. The normalized spacial score (nSPS) is 14.2. The summed E-state index contributed by atoms with van der Waals surface area (Å²) in [4.78, 5) is -0.428. The van der Waals surface area contributed by atoms with E-state index in [0.717, 1.165) is 6.07 Å². The molecule has 1 rings (SSSR count). The van der Waals surface area contributed by atoms with Crippen molar-refractivity contribution in [3.63, 3.8) is 0 Å². The number of hydrogen-bond acceptors (Lipinski definition) is 5. The molecule has 1 aromatic carbocycles. The second kappa shape index (κ2) is 6.64. The maximum atomic E-state index is 12.1. The maximum Gasteiger partial charge on any atom is 0.240 e. The van der Waals surface area contributed by atoms with Gasteiger partial charge in [-0.2, -0.15) is 0 Å². The molecule has 0 saturated heterocycles. The van der Waals surface area contributed by atoms with E-state index in [4.69, 9.17) is 10.2 Å². The van der Waals surface area contributed by atoms with Gasteiger partial charge < -0.3 is 5.11 Å². The van der Waals surface area contributed by atoms with Gasteiger partial charge in [0.05, 0.1) is 9.79 Å². The zero-order chi connectivity index (χ0) is 15.4. The number of nitrogens with one attached hydrogen (secondary N) is 1. The van der Waals surface area contributed by atoms with Crippen LogP contribution in [0.15, 0.2) is 34.1 Å². The van der Waals surface area contributed by atoms with Crippen LogP contribution in [0.2, 0.25) is 0 Å². The first-order chi connectivity index (χ1) is 9.16. The Balaban J connectivity index is 2.99. The number of benzene rings is 1. The van der Waals surface area contributed by atoms with Gasteiger partial charge in [-0.1, -0.05) is 6.07 Å². The lowest BCUT2D eigenvalue weighted by molar-refractivity contribution is 0.279. The molecule has 0 saturated carbocycles. The van der Waals surface area contributed by atoms with Gasteiger partial charge in [0.25, 0.3) is 0 Å². The van der Waals surface area contributed by atoms with Crippen LogP contribution < -0.4 is 9.86 Å². The molecule has 0 radical (unpaired) electrons. The van der Waals surface area contributed by atoms with E-state index in [1.807, 2.05) is 0 Å². The highest BCUT2D eigenvalue weighted by Gasteiger charge is 2.19. The fraction of sp³-hybridized carbons (Fsp3) is 0.455. The molecular formula is C11H18N2O5S2. The Morgan fingerprint density at radius 2 is 1.85 bits per heavy atom. The average Bonchev–Trinajstić information content (AvgIpc) is 2.35. The lowest BCUT2D eigenvalue weighted by Crippen LogP contribution is -2.32. The highest BCUT2D eigenvalue weighted by molar-refractivity contribution is 7.90. The van der Waals surface area contributed by atoms with Crippen LogP contribution in [0.4, 0.5) is 0 Å². The van der Waals surface area contributed by atoms with Crippen LogP contribution >= 0.6 is 0 Å². The molecule has 0 aliphatic carbocycles. The van der Waals surface area contributed by atoms with E-state index in [-0.39, 0.29) is 22.4 Å². The Morgan fingerprint density at radius 3 is 2.40 bits per heavy atom. The summed E-state index contributed by atoms with van der Waals surface area (Å²) in [5.41, 5.74) is 0. The third kappa shape index (κ3) is 4.84. The van der Waals surface area contributed by atoms with Crippen molar-refractivity contribution in [2.75, 3.05) is 6.61 Å². The molecule has 0 bridgehead atoms. The fourth-order valence-electron chi connectivity index (χ4n) is 1.61. The van der Waals surface area contributed by atoms with Crippen molar-refractivity contribution in [3.05, 3.63) is 24.3 Å². The van der Waals surface area contributed by atoms with E-state index < -0.39 is 20.0 Å². The smallest absolute Gasteiger partial charge is 0.240 e. The third-order valence-electron chi connectivity index (χ3n) is 2.60. The van der Waals surface area contributed by atoms with Gasteiger partial charge in [-0.3, -0.25) is 0 Å². The molecule has 0 amide bonds. The Bertz CT molecular complexity index is 655. The quantitative estimate of drug-likeness (QED) is 0.639. The number of rotatable bonds is 7. The minimum absolute atomic E-state index is 0.0209. The van der Waals surface area contributed by atoms with Crippen LogP contribution in [0, 0.1) is 0 Å². The van der Waals surface area contributed by atoms with Crippen molar-refractivity contribution >= 4 is 20.0 Å². The number of aliphatic hydroxyl groups is 1. The van der Waals surface area contributed by atoms with Crippen LogP contribution in [0.1, 0.15) is 19.8 Å². The first-order valence-electron chi connectivity index (χ1n) is 5.93. The molecule has 0 aromatic heterocycles. The molecule has 0 aliphatic heterocycles. The summed E-state index contributed by atoms with van der Waals surface area (Å²) < 4.78 is 49.0. The average molecular weight is 322 g/mol. The first kappa shape index (κ1) is 17.1. The maximum absolute atomic E-state index is 12.1. The SMILES string of the molecule is CC(CCCO)NS(=O)(=O)c1cccc(S(N)(=O)=O)c1. The number of sulfonamides is 2. The van der Waals surface area contributed by atoms with Crippen molar-refractivity contribution in [2.24, 2.45) is 5.14 Å². The van der Waals surface area contributed by atoms with Crippen LogP contribution in [0.5, 0.6) is 0 Å². The zero-order valence-electron chi connectivity index (χ0n) is 11.0. The van der Waals surface area contributed by atoms with Crippen LogP contribution in [0.25, 0.3) is 0 Å². The molecule has 4 N–H and O–H groups in total. The van der Waals surface area contributed by atoms with Crippen LogP contribution in [0.3, 0.4) is 0 Å². The third-order valence-corrected chi connectivity index (χ3v) is 5.09. The minimum atomic E-state index is -3.95. The predicted octanol–water partition coefficient (Wildman–Crippen LogP) is -0.227. The lowest BCUT2D eigenvalue weighted by atomic mass is 10.2. The van der Waals surface area contributed by atoms with Gasteiger partial charge in [0.1, 0.15) is 0 Å². The van der Waals surface area contributed by atoms with Gasteiger partial charge in [0, 0.05) is 12.6 Å². The number of primary sulfonamides is 1. The van der Waals surface area contributed by atoms with Crippen molar-refractivity contribution in [1.29, 1.82) is 0 Å². The van der Waals surface area contributed by atoms with Crippen molar-refractivity contribution in [1.82, 2.24) is 4.72 Å². The van der Waals surface area contributed by atoms with Crippen molar-refractivity contribution in [3.8, 4) is 0 Å². The summed E-state index contributed by atoms with van der Waals surface area (Å²) in [6.45, 7) is 1.64. The second-order valence-electron chi connectivity index (χ2n) is 4.41. The van der Waals surface area contributed by atoms with Gasteiger partial charge >= 0.3 is 0 Å². The molecular weight excluding hydrogens is 304 g/mol. The summed E-state index contributed by atoms with van der Waals surface area (Å²) in [6, 6.07) is 4.47. The van der Waals surface area contributed by atoms with E-state index in [1.165, 1.54) is 18.2 Å². The summed E-state index contributed by atoms with van der Waals surface area (Å²) in [5, 5.41) is 13.7. The van der Waals surface area contributed by atoms with Crippen molar-refractivity contribution < 1.29 is 21.9 Å². The molecule has 20 heavy (non-hydrogen) atoms. The highest BCUT2D eigenvalue weighted by Crippen LogP contribution is 2.15. The van der Waals surface area contributed by atoms with Crippen LogP contribution in [-0.4, -0.2) is 34.6 Å². The van der Waals surface area contributed by atoms with E-state index in [1.54, 1.807) is 6.92 Å². The summed E-state index contributed by atoms with van der Waals surface area (Å²) in [7, 11) is -7.78. The predicted molar refractivity (Wildman–Crippen MR) is 73.9 cm³/mol. The van der Waals surface area contributed by atoms with E-state index in [0.29, 0.717) is 12.8 Å².